The predicted molar refractivity (Wildman–Crippen MR) is 87.9 cm³/mol. The van der Waals surface area contributed by atoms with E-state index < -0.39 is 0 Å². The molecule has 0 saturated heterocycles. The molecule has 0 fully saturated rings. The van der Waals surface area contributed by atoms with Gasteiger partial charge in [-0.15, -0.1) is 0 Å². The summed E-state index contributed by atoms with van der Waals surface area (Å²) in [7, 11) is 0. The molecule has 0 aromatic heterocycles. The molecule has 0 aliphatic carbocycles. The maximum absolute atomic E-state index is 5.67. The van der Waals surface area contributed by atoms with Crippen molar-refractivity contribution >= 4 is 0 Å². The minimum atomic E-state index is 0.602. The fourth-order valence-corrected chi connectivity index (χ4v) is 2.03. The summed E-state index contributed by atoms with van der Waals surface area (Å²) in [6.45, 7) is 13.5. The first kappa shape index (κ1) is 18.0. The number of likely N-dealkylation sites (N-methyl/N-ethyl adjacent to an activating group) is 1. The lowest BCUT2D eigenvalue weighted by Crippen LogP contribution is -2.27. The quantitative estimate of drug-likeness (QED) is 0.601. The zero-order chi connectivity index (χ0) is 15.3. The second kappa shape index (κ2) is 11.5. The molecule has 4 nitrogen and oxygen atoms in total. The Morgan fingerprint density at radius 1 is 0.952 bits per heavy atom. The van der Waals surface area contributed by atoms with Gasteiger partial charge < -0.3 is 19.7 Å². The second-order valence-corrected chi connectivity index (χ2v) is 4.91. The molecule has 120 valence electrons. The highest BCUT2D eigenvalue weighted by atomic mass is 16.5. The van der Waals surface area contributed by atoms with Crippen molar-refractivity contribution in [3.8, 4) is 5.75 Å². The van der Waals surface area contributed by atoms with Crippen LogP contribution in [-0.2, 0) is 11.3 Å². The molecule has 0 heterocycles. The van der Waals surface area contributed by atoms with Gasteiger partial charge in [0, 0.05) is 13.1 Å². The van der Waals surface area contributed by atoms with Crippen LogP contribution in [0.3, 0.4) is 0 Å². The standard InChI is InChI=1S/C17H30N2O2/c1-4-18-15-16-7-9-17(10-8-16)21-14-13-20-12-11-19(5-2)6-3/h7-10,18H,4-6,11-15H2,1-3H3. The van der Waals surface area contributed by atoms with Crippen LogP contribution < -0.4 is 10.1 Å². The molecule has 1 aromatic carbocycles. The van der Waals surface area contributed by atoms with E-state index in [4.69, 9.17) is 9.47 Å². The third kappa shape index (κ3) is 8.05. The Labute approximate surface area is 129 Å². The lowest BCUT2D eigenvalue weighted by molar-refractivity contribution is 0.0819. The van der Waals surface area contributed by atoms with Crippen LogP contribution in [0.1, 0.15) is 26.3 Å². The summed E-state index contributed by atoms with van der Waals surface area (Å²) in [5.74, 6) is 0.905. The van der Waals surface area contributed by atoms with Crippen LogP contribution in [0.25, 0.3) is 0 Å². The SMILES string of the molecule is CCNCc1ccc(OCCOCCN(CC)CC)cc1. The Morgan fingerprint density at radius 3 is 2.29 bits per heavy atom. The summed E-state index contributed by atoms with van der Waals surface area (Å²) < 4.78 is 11.3. The van der Waals surface area contributed by atoms with Gasteiger partial charge in [0.2, 0.25) is 0 Å². The molecule has 4 heteroatoms. The Kier molecular flexibility index (Phi) is 9.87. The maximum Gasteiger partial charge on any atom is 0.119 e. The van der Waals surface area contributed by atoms with E-state index >= 15 is 0 Å². The Balaban J connectivity index is 2.09. The van der Waals surface area contributed by atoms with Gasteiger partial charge >= 0.3 is 0 Å². The Bertz CT molecular complexity index is 350. The highest BCUT2D eigenvalue weighted by Gasteiger charge is 1.99. The number of ether oxygens (including phenoxy) is 2. The van der Waals surface area contributed by atoms with E-state index in [2.05, 4.69) is 43.1 Å². The first-order valence-corrected chi connectivity index (χ1v) is 8.02. The summed E-state index contributed by atoms with van der Waals surface area (Å²) in [6.07, 6.45) is 0. The van der Waals surface area contributed by atoms with E-state index in [9.17, 15) is 0 Å². The molecule has 0 aliphatic heterocycles. The number of nitrogens with one attached hydrogen (secondary N) is 1. The summed E-state index contributed by atoms with van der Waals surface area (Å²) in [6, 6.07) is 8.23. The van der Waals surface area contributed by atoms with Gasteiger partial charge in [-0.25, -0.2) is 0 Å². The molecule has 0 aliphatic rings. The third-order valence-corrected chi connectivity index (χ3v) is 3.45. The molecule has 1 N–H and O–H groups in total. The minimum absolute atomic E-state index is 0.602. The smallest absolute Gasteiger partial charge is 0.119 e. The number of hydrogen-bond donors (Lipinski definition) is 1. The molecular weight excluding hydrogens is 264 g/mol. The van der Waals surface area contributed by atoms with Crippen molar-refractivity contribution in [2.75, 3.05) is 46.0 Å². The van der Waals surface area contributed by atoms with Gasteiger partial charge in [-0.05, 0) is 37.3 Å². The van der Waals surface area contributed by atoms with Crippen molar-refractivity contribution in [3.63, 3.8) is 0 Å². The molecule has 0 atom stereocenters. The van der Waals surface area contributed by atoms with Crippen molar-refractivity contribution in [3.05, 3.63) is 29.8 Å². The zero-order valence-electron chi connectivity index (χ0n) is 13.7. The third-order valence-electron chi connectivity index (χ3n) is 3.45. The molecule has 0 spiro atoms. The summed E-state index contributed by atoms with van der Waals surface area (Å²) in [5, 5.41) is 3.30. The van der Waals surface area contributed by atoms with Crippen molar-refractivity contribution in [1.82, 2.24) is 10.2 Å². The van der Waals surface area contributed by atoms with Crippen molar-refractivity contribution in [2.45, 2.75) is 27.3 Å². The minimum Gasteiger partial charge on any atom is -0.491 e. The number of rotatable bonds is 12. The van der Waals surface area contributed by atoms with E-state index in [1.54, 1.807) is 0 Å². The molecular formula is C17H30N2O2. The molecule has 0 radical (unpaired) electrons. The van der Waals surface area contributed by atoms with Gasteiger partial charge in [-0.3, -0.25) is 0 Å². The molecule has 0 bridgehead atoms. The zero-order valence-corrected chi connectivity index (χ0v) is 13.7. The second-order valence-electron chi connectivity index (χ2n) is 4.91. The largest absolute Gasteiger partial charge is 0.491 e. The van der Waals surface area contributed by atoms with Gasteiger partial charge in [0.25, 0.3) is 0 Å². The lowest BCUT2D eigenvalue weighted by Gasteiger charge is -2.17. The normalized spacial score (nSPS) is 11.0. The highest BCUT2D eigenvalue weighted by Crippen LogP contribution is 2.11. The predicted octanol–water partition coefficient (Wildman–Crippen LogP) is 2.53. The van der Waals surface area contributed by atoms with Gasteiger partial charge in [-0.1, -0.05) is 32.9 Å². The van der Waals surface area contributed by atoms with Crippen molar-refractivity contribution in [2.24, 2.45) is 0 Å². The molecule has 0 unspecified atom stereocenters. The summed E-state index contributed by atoms with van der Waals surface area (Å²) in [5.41, 5.74) is 1.28. The van der Waals surface area contributed by atoms with E-state index in [-0.39, 0.29) is 0 Å². The molecule has 0 amide bonds. The van der Waals surface area contributed by atoms with Gasteiger partial charge in [0.1, 0.15) is 12.4 Å². The van der Waals surface area contributed by atoms with Gasteiger partial charge in [-0.2, -0.15) is 0 Å². The monoisotopic (exact) mass is 294 g/mol. The van der Waals surface area contributed by atoms with Crippen LogP contribution in [0.4, 0.5) is 0 Å². The van der Waals surface area contributed by atoms with E-state index in [0.717, 1.165) is 45.1 Å². The first-order chi connectivity index (χ1) is 10.3. The van der Waals surface area contributed by atoms with E-state index in [1.165, 1.54) is 5.56 Å². The number of hydrogen-bond acceptors (Lipinski definition) is 4. The topological polar surface area (TPSA) is 33.7 Å². The molecule has 0 saturated carbocycles. The fourth-order valence-electron chi connectivity index (χ4n) is 2.03. The van der Waals surface area contributed by atoms with E-state index in [0.29, 0.717) is 13.2 Å². The van der Waals surface area contributed by atoms with Crippen LogP contribution in [0.2, 0.25) is 0 Å². The van der Waals surface area contributed by atoms with Crippen molar-refractivity contribution < 1.29 is 9.47 Å². The molecule has 1 rings (SSSR count). The average Bonchev–Trinajstić information content (AvgIpc) is 2.53. The highest BCUT2D eigenvalue weighted by molar-refractivity contribution is 5.27. The van der Waals surface area contributed by atoms with Crippen LogP contribution in [-0.4, -0.2) is 50.9 Å². The van der Waals surface area contributed by atoms with Gasteiger partial charge in [0.05, 0.1) is 13.2 Å². The summed E-state index contributed by atoms with van der Waals surface area (Å²) in [4.78, 5) is 2.35. The lowest BCUT2D eigenvalue weighted by atomic mass is 10.2. The number of nitrogens with zero attached hydrogens (tertiary/aromatic N) is 1. The Morgan fingerprint density at radius 2 is 1.67 bits per heavy atom. The van der Waals surface area contributed by atoms with Crippen LogP contribution >= 0.6 is 0 Å². The van der Waals surface area contributed by atoms with Gasteiger partial charge in [0.15, 0.2) is 0 Å². The van der Waals surface area contributed by atoms with Crippen LogP contribution in [0.5, 0.6) is 5.75 Å². The van der Waals surface area contributed by atoms with Crippen LogP contribution in [0.15, 0.2) is 24.3 Å². The number of benzene rings is 1. The summed E-state index contributed by atoms with van der Waals surface area (Å²) >= 11 is 0. The molecule has 21 heavy (non-hydrogen) atoms. The fraction of sp³-hybridized carbons (Fsp3) is 0.647. The van der Waals surface area contributed by atoms with E-state index in [1.807, 2.05) is 12.1 Å². The van der Waals surface area contributed by atoms with Crippen molar-refractivity contribution in [1.29, 1.82) is 0 Å². The first-order valence-electron chi connectivity index (χ1n) is 8.02. The van der Waals surface area contributed by atoms with Crippen LogP contribution in [0, 0.1) is 0 Å². The Hall–Kier alpha value is -1.10. The maximum atomic E-state index is 5.67. The average molecular weight is 294 g/mol. The molecule has 1 aromatic rings.